The zero-order valence-corrected chi connectivity index (χ0v) is 10.3. The van der Waals surface area contributed by atoms with Crippen molar-refractivity contribution in [3.63, 3.8) is 0 Å². The highest BCUT2D eigenvalue weighted by Gasteiger charge is 2.36. The van der Waals surface area contributed by atoms with Crippen LogP contribution < -0.4 is 5.73 Å². The standard InChI is InChI=1S/C10H11Cl2NOS/c11-6-1-2-7-8(9(6)12)10(14,5-13)3-4-15-7/h1-2,14H,3-5,13H2. The van der Waals surface area contributed by atoms with Gasteiger partial charge < -0.3 is 10.8 Å². The molecule has 82 valence electrons. The molecule has 0 saturated heterocycles. The summed E-state index contributed by atoms with van der Waals surface area (Å²) < 4.78 is 0. The van der Waals surface area contributed by atoms with E-state index >= 15 is 0 Å². The van der Waals surface area contributed by atoms with Crippen LogP contribution in [0, 0.1) is 0 Å². The predicted molar refractivity (Wildman–Crippen MR) is 64.8 cm³/mol. The lowest BCUT2D eigenvalue weighted by Gasteiger charge is -2.33. The van der Waals surface area contributed by atoms with Gasteiger partial charge in [0.05, 0.1) is 10.0 Å². The molecule has 1 unspecified atom stereocenters. The lowest BCUT2D eigenvalue weighted by atomic mass is 9.90. The number of benzene rings is 1. The second-order valence-electron chi connectivity index (χ2n) is 3.57. The molecule has 1 aromatic rings. The highest BCUT2D eigenvalue weighted by atomic mass is 35.5. The highest BCUT2D eigenvalue weighted by molar-refractivity contribution is 7.99. The van der Waals surface area contributed by atoms with Gasteiger partial charge in [-0.2, -0.15) is 0 Å². The van der Waals surface area contributed by atoms with Crippen molar-refractivity contribution in [2.24, 2.45) is 5.73 Å². The zero-order chi connectivity index (χ0) is 11.1. The first-order valence-corrected chi connectivity index (χ1v) is 6.36. The fraction of sp³-hybridized carbons (Fsp3) is 0.400. The Hall–Kier alpha value is 0.0700. The molecule has 0 fully saturated rings. The zero-order valence-electron chi connectivity index (χ0n) is 7.96. The number of hydrogen-bond donors (Lipinski definition) is 2. The van der Waals surface area contributed by atoms with E-state index in [-0.39, 0.29) is 6.54 Å². The molecule has 2 nitrogen and oxygen atoms in total. The maximum absolute atomic E-state index is 10.4. The Morgan fingerprint density at radius 3 is 2.87 bits per heavy atom. The molecular formula is C10H11Cl2NOS. The first-order chi connectivity index (χ1) is 7.08. The molecule has 1 heterocycles. The Balaban J connectivity index is 2.63. The van der Waals surface area contributed by atoms with Crippen molar-refractivity contribution in [2.75, 3.05) is 12.3 Å². The fourth-order valence-electron chi connectivity index (χ4n) is 1.75. The molecule has 0 amide bonds. The molecule has 15 heavy (non-hydrogen) atoms. The fourth-order valence-corrected chi connectivity index (χ4v) is 3.56. The molecular weight excluding hydrogens is 253 g/mol. The van der Waals surface area contributed by atoms with E-state index in [4.69, 9.17) is 28.9 Å². The topological polar surface area (TPSA) is 46.2 Å². The van der Waals surface area contributed by atoms with E-state index in [0.717, 1.165) is 10.6 Å². The highest BCUT2D eigenvalue weighted by Crippen LogP contribution is 2.45. The van der Waals surface area contributed by atoms with Gasteiger partial charge in [-0.15, -0.1) is 11.8 Å². The van der Waals surface area contributed by atoms with Crippen LogP contribution in [0.25, 0.3) is 0 Å². The minimum absolute atomic E-state index is 0.167. The molecule has 1 aliphatic rings. The molecule has 0 radical (unpaired) electrons. The summed E-state index contributed by atoms with van der Waals surface area (Å²) in [7, 11) is 0. The maximum atomic E-state index is 10.4. The van der Waals surface area contributed by atoms with Crippen LogP contribution in [-0.4, -0.2) is 17.4 Å². The van der Waals surface area contributed by atoms with Gasteiger partial charge in [-0.25, -0.2) is 0 Å². The Kier molecular flexibility index (Phi) is 3.20. The van der Waals surface area contributed by atoms with Crippen molar-refractivity contribution >= 4 is 35.0 Å². The van der Waals surface area contributed by atoms with Crippen molar-refractivity contribution in [2.45, 2.75) is 16.9 Å². The number of fused-ring (bicyclic) bond motifs is 1. The van der Waals surface area contributed by atoms with Crippen LogP contribution in [0.3, 0.4) is 0 Å². The van der Waals surface area contributed by atoms with Crippen LogP contribution in [0.5, 0.6) is 0 Å². The molecule has 0 bridgehead atoms. The summed E-state index contributed by atoms with van der Waals surface area (Å²) in [4.78, 5) is 0.976. The molecule has 0 aliphatic carbocycles. The monoisotopic (exact) mass is 263 g/mol. The number of halogens is 2. The number of thioether (sulfide) groups is 1. The van der Waals surface area contributed by atoms with E-state index in [1.54, 1.807) is 17.8 Å². The van der Waals surface area contributed by atoms with Gasteiger partial charge in [-0.1, -0.05) is 23.2 Å². The minimum atomic E-state index is -1.03. The second-order valence-corrected chi connectivity index (χ2v) is 5.49. The van der Waals surface area contributed by atoms with Crippen LogP contribution in [0.4, 0.5) is 0 Å². The number of hydrogen-bond acceptors (Lipinski definition) is 3. The Labute approximate surface area is 103 Å². The van der Waals surface area contributed by atoms with Gasteiger partial charge in [0.1, 0.15) is 5.60 Å². The van der Waals surface area contributed by atoms with Crippen molar-refractivity contribution in [3.05, 3.63) is 27.7 Å². The first kappa shape index (κ1) is 11.6. The van der Waals surface area contributed by atoms with Crippen molar-refractivity contribution in [1.82, 2.24) is 0 Å². The Bertz CT molecular complexity index is 399. The first-order valence-electron chi connectivity index (χ1n) is 4.62. The number of aliphatic hydroxyl groups is 1. The van der Waals surface area contributed by atoms with E-state index in [9.17, 15) is 5.11 Å². The van der Waals surface area contributed by atoms with Crippen LogP contribution in [0.1, 0.15) is 12.0 Å². The molecule has 1 aromatic carbocycles. The lowest BCUT2D eigenvalue weighted by Crippen LogP contribution is -2.38. The number of nitrogens with two attached hydrogens (primary N) is 1. The summed E-state index contributed by atoms with van der Waals surface area (Å²) in [5.74, 6) is 0.846. The third kappa shape index (κ3) is 1.87. The van der Waals surface area contributed by atoms with Gasteiger partial charge in [0, 0.05) is 22.8 Å². The van der Waals surface area contributed by atoms with Gasteiger partial charge in [-0.3, -0.25) is 0 Å². The molecule has 1 atom stereocenters. The van der Waals surface area contributed by atoms with E-state index in [2.05, 4.69) is 0 Å². The van der Waals surface area contributed by atoms with Crippen molar-refractivity contribution in [1.29, 1.82) is 0 Å². The smallest absolute Gasteiger partial charge is 0.105 e. The van der Waals surface area contributed by atoms with Crippen molar-refractivity contribution in [3.8, 4) is 0 Å². The molecule has 0 spiro atoms. The molecule has 5 heteroatoms. The van der Waals surface area contributed by atoms with Crippen molar-refractivity contribution < 1.29 is 5.11 Å². The molecule has 3 N–H and O–H groups in total. The van der Waals surface area contributed by atoms with E-state index in [0.29, 0.717) is 22.0 Å². The average Bonchev–Trinajstić information content (AvgIpc) is 2.24. The largest absolute Gasteiger partial charge is 0.384 e. The van der Waals surface area contributed by atoms with E-state index in [1.165, 1.54) is 0 Å². The normalized spacial score (nSPS) is 25.1. The van der Waals surface area contributed by atoms with Crippen LogP contribution in [0.2, 0.25) is 10.0 Å². The summed E-state index contributed by atoms with van der Waals surface area (Å²) in [6.45, 7) is 0.167. The molecule has 2 rings (SSSR count). The third-order valence-electron chi connectivity index (χ3n) is 2.63. The summed E-state index contributed by atoms with van der Waals surface area (Å²) in [6, 6.07) is 3.63. The average molecular weight is 264 g/mol. The Morgan fingerprint density at radius 1 is 1.47 bits per heavy atom. The van der Waals surface area contributed by atoms with Crippen LogP contribution >= 0.6 is 35.0 Å². The maximum Gasteiger partial charge on any atom is 0.105 e. The van der Waals surface area contributed by atoms with Gasteiger partial charge in [0.25, 0.3) is 0 Å². The second kappa shape index (κ2) is 4.15. The van der Waals surface area contributed by atoms with Gasteiger partial charge >= 0.3 is 0 Å². The van der Waals surface area contributed by atoms with Crippen LogP contribution in [-0.2, 0) is 5.60 Å². The molecule has 0 saturated carbocycles. The summed E-state index contributed by atoms with van der Waals surface area (Å²) in [6.07, 6.45) is 0.612. The molecule has 1 aliphatic heterocycles. The summed E-state index contributed by atoms with van der Waals surface area (Å²) >= 11 is 13.7. The van der Waals surface area contributed by atoms with Gasteiger partial charge in [0.15, 0.2) is 0 Å². The summed E-state index contributed by atoms with van der Waals surface area (Å²) in [5, 5.41) is 11.2. The summed E-state index contributed by atoms with van der Waals surface area (Å²) in [5.41, 5.74) is 5.28. The van der Waals surface area contributed by atoms with Gasteiger partial charge in [-0.05, 0) is 18.6 Å². The number of rotatable bonds is 1. The Morgan fingerprint density at radius 2 is 2.20 bits per heavy atom. The SMILES string of the molecule is NCC1(O)CCSc2ccc(Cl)c(Cl)c21. The van der Waals surface area contributed by atoms with E-state index in [1.807, 2.05) is 6.07 Å². The lowest BCUT2D eigenvalue weighted by molar-refractivity contribution is 0.0387. The molecule has 0 aromatic heterocycles. The quantitative estimate of drug-likeness (QED) is 0.819. The third-order valence-corrected chi connectivity index (χ3v) is 4.50. The minimum Gasteiger partial charge on any atom is -0.384 e. The van der Waals surface area contributed by atoms with Gasteiger partial charge in [0.2, 0.25) is 0 Å². The van der Waals surface area contributed by atoms with E-state index < -0.39 is 5.60 Å². The predicted octanol–water partition coefficient (Wildman–Crippen LogP) is 2.64. The van der Waals surface area contributed by atoms with Crippen LogP contribution in [0.15, 0.2) is 17.0 Å².